The van der Waals surface area contributed by atoms with Gasteiger partial charge in [0, 0.05) is 11.4 Å². The second-order valence-electron chi connectivity index (χ2n) is 3.33. The summed E-state index contributed by atoms with van der Waals surface area (Å²) in [4.78, 5) is 16.8. The molecule has 0 amide bonds. The third kappa shape index (κ3) is 2.76. The number of rotatable bonds is 4. The standard InChI is InChI=1S/C11H13N2O2S2/c1-3-15-10(14)6-8-7-17-11-12-9(16-2)4-5-13(8)11/h4-5,7H,3,6H2,1-2H3/q+1. The summed E-state index contributed by atoms with van der Waals surface area (Å²) in [5.41, 5.74) is 0.920. The summed E-state index contributed by atoms with van der Waals surface area (Å²) >= 11 is 3.14. The first kappa shape index (κ1) is 12.3. The van der Waals surface area contributed by atoms with Gasteiger partial charge in [-0.2, -0.15) is 4.40 Å². The lowest BCUT2D eigenvalue weighted by Crippen LogP contribution is -2.27. The highest BCUT2D eigenvalue weighted by Gasteiger charge is 2.17. The Hall–Kier alpha value is -1.14. The molecule has 0 saturated heterocycles. The molecule has 0 aliphatic carbocycles. The van der Waals surface area contributed by atoms with E-state index in [1.807, 2.05) is 35.2 Å². The van der Waals surface area contributed by atoms with Gasteiger partial charge in [-0.3, -0.25) is 4.79 Å². The van der Waals surface area contributed by atoms with Crippen molar-refractivity contribution >= 4 is 34.0 Å². The molecule has 0 spiro atoms. The largest absolute Gasteiger partial charge is 0.466 e. The van der Waals surface area contributed by atoms with Crippen molar-refractivity contribution in [3.63, 3.8) is 0 Å². The zero-order chi connectivity index (χ0) is 12.3. The van der Waals surface area contributed by atoms with Gasteiger partial charge in [-0.05, 0) is 18.2 Å². The van der Waals surface area contributed by atoms with Crippen LogP contribution in [-0.4, -0.2) is 23.8 Å². The third-order valence-corrected chi connectivity index (χ3v) is 3.76. The van der Waals surface area contributed by atoms with E-state index in [-0.39, 0.29) is 5.97 Å². The van der Waals surface area contributed by atoms with Gasteiger partial charge >= 0.3 is 10.9 Å². The Kier molecular flexibility index (Phi) is 3.96. The molecule has 0 N–H and O–H groups in total. The van der Waals surface area contributed by atoms with Crippen LogP contribution in [0.5, 0.6) is 0 Å². The van der Waals surface area contributed by atoms with Crippen molar-refractivity contribution in [3.8, 4) is 0 Å². The predicted octanol–water partition coefficient (Wildman–Crippen LogP) is 1.71. The fourth-order valence-corrected chi connectivity index (χ4v) is 2.78. The lowest BCUT2D eigenvalue weighted by Gasteiger charge is -1.98. The summed E-state index contributed by atoms with van der Waals surface area (Å²) < 4.78 is 6.87. The van der Waals surface area contributed by atoms with Crippen molar-refractivity contribution in [1.82, 2.24) is 4.98 Å². The number of esters is 1. The second-order valence-corrected chi connectivity index (χ2v) is 4.99. The van der Waals surface area contributed by atoms with Gasteiger partial charge in [0.25, 0.3) is 0 Å². The lowest BCUT2D eigenvalue weighted by molar-refractivity contribution is -0.519. The molecule has 2 aromatic rings. The fourth-order valence-electron chi connectivity index (χ4n) is 1.47. The molecule has 0 atom stereocenters. The maximum absolute atomic E-state index is 11.4. The molecule has 6 heteroatoms. The number of aromatic nitrogens is 2. The summed E-state index contributed by atoms with van der Waals surface area (Å²) in [7, 11) is 0. The molecule has 0 bridgehead atoms. The number of hydrogen-bond donors (Lipinski definition) is 0. The van der Waals surface area contributed by atoms with Crippen molar-refractivity contribution in [2.75, 3.05) is 12.9 Å². The van der Waals surface area contributed by atoms with Crippen LogP contribution < -0.4 is 4.40 Å². The minimum Gasteiger partial charge on any atom is -0.466 e. The van der Waals surface area contributed by atoms with E-state index >= 15 is 0 Å². The number of nitrogens with zero attached hydrogens (tertiary/aromatic N) is 2. The van der Waals surface area contributed by atoms with E-state index < -0.39 is 0 Å². The lowest BCUT2D eigenvalue weighted by atomic mass is 10.3. The Bertz CT molecular complexity index is 539. The summed E-state index contributed by atoms with van der Waals surface area (Å²) in [6, 6.07) is 1.94. The van der Waals surface area contributed by atoms with Crippen LogP contribution in [0.1, 0.15) is 12.6 Å². The molecule has 0 fully saturated rings. The number of ether oxygens (including phenoxy) is 1. The van der Waals surface area contributed by atoms with Crippen molar-refractivity contribution in [1.29, 1.82) is 0 Å². The molecule has 0 saturated carbocycles. The Balaban J connectivity index is 2.27. The third-order valence-electron chi connectivity index (χ3n) is 2.23. The number of thioether (sulfide) groups is 1. The SMILES string of the molecule is CCOC(=O)Cc1csc2nc(SC)cc[n+]12. The monoisotopic (exact) mass is 269 g/mol. The zero-order valence-corrected chi connectivity index (χ0v) is 11.3. The van der Waals surface area contributed by atoms with Crippen LogP contribution in [0, 0.1) is 0 Å². The van der Waals surface area contributed by atoms with Gasteiger partial charge in [0.15, 0.2) is 0 Å². The normalized spacial score (nSPS) is 10.7. The molecule has 2 heterocycles. The average Bonchev–Trinajstić information content (AvgIpc) is 2.72. The first-order valence-electron chi connectivity index (χ1n) is 5.23. The van der Waals surface area contributed by atoms with E-state index in [4.69, 9.17) is 4.74 Å². The molecule has 2 aromatic heterocycles. The van der Waals surface area contributed by atoms with Gasteiger partial charge in [-0.1, -0.05) is 23.1 Å². The number of fused-ring (bicyclic) bond motifs is 1. The number of hydrogen-bond acceptors (Lipinski definition) is 5. The van der Waals surface area contributed by atoms with Crippen LogP contribution in [0.15, 0.2) is 22.7 Å². The maximum atomic E-state index is 11.4. The van der Waals surface area contributed by atoms with Crippen LogP contribution in [0.25, 0.3) is 4.96 Å². The van der Waals surface area contributed by atoms with Crippen LogP contribution in [-0.2, 0) is 16.0 Å². The molecule has 0 radical (unpaired) electrons. The predicted molar refractivity (Wildman–Crippen MR) is 67.4 cm³/mol. The van der Waals surface area contributed by atoms with Crippen molar-refractivity contribution in [2.24, 2.45) is 0 Å². The molecule has 17 heavy (non-hydrogen) atoms. The molecule has 0 aliphatic heterocycles. The summed E-state index contributed by atoms with van der Waals surface area (Å²) in [5.74, 6) is -0.200. The van der Waals surface area contributed by atoms with Crippen molar-refractivity contribution in [2.45, 2.75) is 18.4 Å². The molecule has 0 aromatic carbocycles. The first-order chi connectivity index (χ1) is 8.24. The van der Waals surface area contributed by atoms with Crippen LogP contribution in [0.3, 0.4) is 0 Å². The van der Waals surface area contributed by atoms with Crippen molar-refractivity contribution < 1.29 is 13.9 Å². The average molecular weight is 269 g/mol. The smallest absolute Gasteiger partial charge is 0.388 e. The van der Waals surface area contributed by atoms with Gasteiger partial charge in [0.2, 0.25) is 5.03 Å². The number of carbonyl (C=O) groups is 1. The van der Waals surface area contributed by atoms with E-state index in [2.05, 4.69) is 4.98 Å². The van der Waals surface area contributed by atoms with Crippen molar-refractivity contribution in [3.05, 3.63) is 23.3 Å². The molecule has 4 nitrogen and oxygen atoms in total. The quantitative estimate of drug-likeness (QED) is 0.367. The Morgan fingerprint density at radius 2 is 2.47 bits per heavy atom. The van der Waals surface area contributed by atoms with E-state index in [0.29, 0.717) is 13.0 Å². The highest BCUT2D eigenvalue weighted by Crippen LogP contribution is 2.14. The van der Waals surface area contributed by atoms with Gasteiger partial charge in [0.05, 0.1) is 6.61 Å². The van der Waals surface area contributed by atoms with Gasteiger partial charge < -0.3 is 4.74 Å². The molecule has 90 valence electrons. The topological polar surface area (TPSA) is 43.3 Å². The molecule has 0 aliphatic rings. The Morgan fingerprint density at radius 3 is 3.18 bits per heavy atom. The van der Waals surface area contributed by atoms with Crippen LogP contribution >= 0.6 is 23.1 Å². The maximum Gasteiger partial charge on any atom is 0.388 e. The summed E-state index contributed by atoms with van der Waals surface area (Å²) in [6.07, 6.45) is 4.23. The molecule has 0 unspecified atom stereocenters. The van der Waals surface area contributed by atoms with E-state index in [0.717, 1.165) is 15.7 Å². The van der Waals surface area contributed by atoms with Crippen LogP contribution in [0.4, 0.5) is 0 Å². The Morgan fingerprint density at radius 1 is 1.65 bits per heavy atom. The first-order valence-corrected chi connectivity index (χ1v) is 7.33. The summed E-state index contributed by atoms with van der Waals surface area (Å²) in [5, 5.41) is 2.93. The highest BCUT2D eigenvalue weighted by molar-refractivity contribution is 7.98. The highest BCUT2D eigenvalue weighted by atomic mass is 32.2. The van der Waals surface area contributed by atoms with E-state index in [1.54, 1.807) is 11.8 Å². The van der Waals surface area contributed by atoms with E-state index in [9.17, 15) is 4.79 Å². The number of thiazole rings is 1. The van der Waals surface area contributed by atoms with Gasteiger partial charge in [-0.15, -0.1) is 0 Å². The molecular weight excluding hydrogens is 256 g/mol. The summed E-state index contributed by atoms with van der Waals surface area (Å²) in [6.45, 7) is 2.23. The van der Waals surface area contributed by atoms with Gasteiger partial charge in [-0.25, -0.2) is 0 Å². The zero-order valence-electron chi connectivity index (χ0n) is 9.67. The molecule has 2 rings (SSSR count). The van der Waals surface area contributed by atoms with Gasteiger partial charge in [0.1, 0.15) is 18.3 Å². The minimum absolute atomic E-state index is 0.200. The van der Waals surface area contributed by atoms with Crippen LogP contribution in [0.2, 0.25) is 0 Å². The van der Waals surface area contributed by atoms with E-state index in [1.165, 1.54) is 11.3 Å². The minimum atomic E-state index is -0.200. The molecular formula is C11H13N2O2S2+. The fraction of sp³-hybridized carbons (Fsp3) is 0.364. The Labute approximate surface area is 108 Å². The number of carbonyl (C=O) groups excluding carboxylic acids is 1. The second kappa shape index (κ2) is 5.46.